The normalized spacial score (nSPS) is 11.0. The standard InChI is InChI=1S/C21H22N2O2S/c1-4-11-23-20(25)17-7-5-6-8-18(17)22-21(23)26-13-19(24)16-10-9-14(2)15(3)12-16/h5-10,12H,4,11,13H2,1-3H3. The first-order valence-electron chi connectivity index (χ1n) is 8.74. The molecule has 0 unspecified atom stereocenters. The summed E-state index contributed by atoms with van der Waals surface area (Å²) in [6, 6.07) is 13.1. The summed E-state index contributed by atoms with van der Waals surface area (Å²) in [4.78, 5) is 29.9. The van der Waals surface area contributed by atoms with Gasteiger partial charge in [0.15, 0.2) is 10.9 Å². The van der Waals surface area contributed by atoms with Crippen LogP contribution in [-0.4, -0.2) is 21.1 Å². The van der Waals surface area contributed by atoms with E-state index in [1.807, 2.05) is 57.2 Å². The Morgan fingerprint density at radius 1 is 1.12 bits per heavy atom. The van der Waals surface area contributed by atoms with E-state index in [0.29, 0.717) is 28.2 Å². The zero-order valence-electron chi connectivity index (χ0n) is 15.3. The van der Waals surface area contributed by atoms with Gasteiger partial charge in [-0.15, -0.1) is 0 Å². The quantitative estimate of drug-likeness (QED) is 0.369. The summed E-state index contributed by atoms with van der Waals surface area (Å²) in [5.74, 6) is 0.306. The zero-order chi connectivity index (χ0) is 18.7. The molecule has 0 saturated heterocycles. The molecule has 3 rings (SSSR count). The summed E-state index contributed by atoms with van der Waals surface area (Å²) in [6.45, 7) is 6.65. The fourth-order valence-corrected chi connectivity index (χ4v) is 3.73. The van der Waals surface area contributed by atoms with Crippen molar-refractivity contribution in [1.29, 1.82) is 0 Å². The van der Waals surface area contributed by atoms with Gasteiger partial charge in [0.25, 0.3) is 5.56 Å². The number of Topliss-reactive ketones (excluding diaryl/α,β-unsaturated/α-hetero) is 1. The van der Waals surface area contributed by atoms with E-state index in [1.54, 1.807) is 10.6 Å². The van der Waals surface area contributed by atoms with Crippen LogP contribution in [-0.2, 0) is 6.54 Å². The molecule has 5 heteroatoms. The van der Waals surface area contributed by atoms with Gasteiger partial charge in [0, 0.05) is 12.1 Å². The van der Waals surface area contributed by atoms with Crippen molar-refractivity contribution in [2.75, 3.05) is 5.75 Å². The Morgan fingerprint density at radius 3 is 2.62 bits per heavy atom. The maximum atomic E-state index is 12.8. The van der Waals surface area contributed by atoms with E-state index in [1.165, 1.54) is 17.3 Å². The second kappa shape index (κ2) is 7.87. The Hall–Kier alpha value is -2.40. The molecule has 1 heterocycles. The second-order valence-electron chi connectivity index (χ2n) is 6.38. The second-order valence-corrected chi connectivity index (χ2v) is 7.32. The van der Waals surface area contributed by atoms with Crippen LogP contribution >= 0.6 is 11.8 Å². The van der Waals surface area contributed by atoms with Crippen LogP contribution in [0.2, 0.25) is 0 Å². The van der Waals surface area contributed by atoms with Crippen LogP contribution in [0.25, 0.3) is 10.9 Å². The molecule has 0 aliphatic heterocycles. The third-order valence-electron chi connectivity index (χ3n) is 4.44. The van der Waals surface area contributed by atoms with Crippen LogP contribution in [0.15, 0.2) is 52.4 Å². The van der Waals surface area contributed by atoms with Crippen molar-refractivity contribution < 1.29 is 4.79 Å². The highest BCUT2D eigenvalue weighted by molar-refractivity contribution is 7.99. The van der Waals surface area contributed by atoms with Gasteiger partial charge < -0.3 is 0 Å². The molecule has 0 aliphatic rings. The van der Waals surface area contributed by atoms with Crippen molar-refractivity contribution in [2.24, 2.45) is 0 Å². The SMILES string of the molecule is CCCn1c(SCC(=O)c2ccc(C)c(C)c2)nc2ccccc2c1=O. The van der Waals surface area contributed by atoms with Crippen LogP contribution in [0.4, 0.5) is 0 Å². The van der Waals surface area contributed by atoms with E-state index in [2.05, 4.69) is 4.98 Å². The topological polar surface area (TPSA) is 52.0 Å². The number of thioether (sulfide) groups is 1. The predicted octanol–water partition coefficient (Wildman–Crippen LogP) is 4.40. The van der Waals surface area contributed by atoms with Crippen LogP contribution in [0.1, 0.15) is 34.8 Å². The number of carbonyl (C=O) groups excluding carboxylic acids is 1. The minimum Gasteiger partial charge on any atom is -0.293 e. The molecule has 0 radical (unpaired) electrons. The smallest absolute Gasteiger partial charge is 0.262 e. The lowest BCUT2D eigenvalue weighted by Gasteiger charge is -2.12. The van der Waals surface area contributed by atoms with Crippen molar-refractivity contribution in [3.63, 3.8) is 0 Å². The molecule has 0 N–H and O–H groups in total. The summed E-state index contributed by atoms with van der Waals surface area (Å²) in [5, 5.41) is 1.22. The fourth-order valence-electron chi connectivity index (χ4n) is 2.81. The number of benzene rings is 2. The molecule has 4 nitrogen and oxygen atoms in total. The maximum absolute atomic E-state index is 12.8. The summed E-state index contributed by atoms with van der Waals surface area (Å²) in [5.41, 5.74) is 3.60. The average molecular weight is 366 g/mol. The molecule has 0 atom stereocenters. The Morgan fingerprint density at radius 2 is 1.88 bits per heavy atom. The first kappa shape index (κ1) is 18.4. The van der Waals surface area contributed by atoms with Gasteiger partial charge in [-0.05, 0) is 49.6 Å². The molecule has 0 aliphatic carbocycles. The zero-order valence-corrected chi connectivity index (χ0v) is 16.1. The van der Waals surface area contributed by atoms with E-state index in [9.17, 15) is 9.59 Å². The van der Waals surface area contributed by atoms with Crippen LogP contribution in [0.3, 0.4) is 0 Å². The van der Waals surface area contributed by atoms with Gasteiger partial charge in [0.2, 0.25) is 0 Å². The number of fused-ring (bicyclic) bond motifs is 1. The lowest BCUT2D eigenvalue weighted by Crippen LogP contribution is -2.23. The fraction of sp³-hybridized carbons (Fsp3) is 0.286. The maximum Gasteiger partial charge on any atom is 0.262 e. The van der Waals surface area contributed by atoms with Gasteiger partial charge in [-0.3, -0.25) is 14.2 Å². The number of hydrogen-bond donors (Lipinski definition) is 0. The van der Waals surface area contributed by atoms with Gasteiger partial charge in [-0.1, -0.05) is 43.0 Å². The summed E-state index contributed by atoms with van der Waals surface area (Å²) in [6.07, 6.45) is 0.832. The van der Waals surface area contributed by atoms with Crippen LogP contribution in [0, 0.1) is 13.8 Å². The molecule has 0 bridgehead atoms. The minimum absolute atomic E-state index is 0.0430. The van der Waals surface area contributed by atoms with Crippen molar-refractivity contribution in [1.82, 2.24) is 9.55 Å². The van der Waals surface area contributed by atoms with Gasteiger partial charge in [0.05, 0.1) is 16.7 Å². The molecule has 3 aromatic rings. The highest BCUT2D eigenvalue weighted by Crippen LogP contribution is 2.20. The molecule has 2 aromatic carbocycles. The predicted molar refractivity (Wildman–Crippen MR) is 107 cm³/mol. The number of aryl methyl sites for hydroxylation is 2. The van der Waals surface area contributed by atoms with Crippen molar-refractivity contribution in [2.45, 2.75) is 38.9 Å². The minimum atomic E-state index is -0.0430. The number of rotatable bonds is 6. The molecule has 0 fully saturated rings. The Bertz CT molecular complexity index is 1020. The number of aromatic nitrogens is 2. The highest BCUT2D eigenvalue weighted by atomic mass is 32.2. The molecule has 134 valence electrons. The monoisotopic (exact) mass is 366 g/mol. The first-order valence-corrected chi connectivity index (χ1v) is 9.72. The van der Waals surface area contributed by atoms with Crippen molar-refractivity contribution in [3.05, 3.63) is 69.5 Å². The van der Waals surface area contributed by atoms with Crippen molar-refractivity contribution >= 4 is 28.4 Å². The van der Waals surface area contributed by atoms with E-state index in [0.717, 1.165) is 12.0 Å². The first-order chi connectivity index (χ1) is 12.5. The van der Waals surface area contributed by atoms with E-state index >= 15 is 0 Å². The Kier molecular flexibility index (Phi) is 5.57. The molecule has 1 aromatic heterocycles. The third kappa shape index (κ3) is 3.73. The summed E-state index contributed by atoms with van der Waals surface area (Å²) >= 11 is 1.33. The van der Waals surface area contributed by atoms with Gasteiger partial charge in [-0.25, -0.2) is 4.98 Å². The van der Waals surface area contributed by atoms with Gasteiger partial charge >= 0.3 is 0 Å². The lowest BCUT2D eigenvalue weighted by molar-refractivity contribution is 0.102. The largest absolute Gasteiger partial charge is 0.293 e. The molecule has 0 amide bonds. The third-order valence-corrected chi connectivity index (χ3v) is 5.41. The molecule has 0 spiro atoms. The number of nitrogens with zero attached hydrogens (tertiary/aromatic N) is 2. The van der Waals surface area contributed by atoms with E-state index < -0.39 is 0 Å². The summed E-state index contributed by atoms with van der Waals surface area (Å²) in [7, 11) is 0. The Balaban J connectivity index is 1.90. The van der Waals surface area contributed by atoms with Crippen LogP contribution in [0.5, 0.6) is 0 Å². The number of hydrogen-bond acceptors (Lipinski definition) is 4. The lowest BCUT2D eigenvalue weighted by atomic mass is 10.0. The highest BCUT2D eigenvalue weighted by Gasteiger charge is 2.14. The molecule has 0 saturated carbocycles. The molecular weight excluding hydrogens is 344 g/mol. The molecular formula is C21H22N2O2S. The van der Waals surface area contributed by atoms with E-state index in [4.69, 9.17) is 0 Å². The van der Waals surface area contributed by atoms with Gasteiger partial charge in [-0.2, -0.15) is 0 Å². The average Bonchev–Trinajstić information content (AvgIpc) is 2.64. The van der Waals surface area contributed by atoms with E-state index in [-0.39, 0.29) is 17.1 Å². The number of ketones is 1. The molecule has 26 heavy (non-hydrogen) atoms. The van der Waals surface area contributed by atoms with Crippen LogP contribution < -0.4 is 5.56 Å². The summed E-state index contributed by atoms with van der Waals surface area (Å²) < 4.78 is 1.68. The number of carbonyl (C=O) groups is 1. The van der Waals surface area contributed by atoms with Gasteiger partial charge in [0.1, 0.15) is 0 Å². The van der Waals surface area contributed by atoms with Crippen molar-refractivity contribution in [3.8, 4) is 0 Å². The number of para-hydroxylation sites is 1. The Labute approximate surface area is 157 Å².